The third kappa shape index (κ3) is 2.22. The second-order valence-corrected chi connectivity index (χ2v) is 9.13. The van der Waals surface area contributed by atoms with Crippen molar-refractivity contribution < 1.29 is 24.6 Å². The Kier molecular flexibility index (Phi) is 4.14. The number of aliphatic carboxylic acids is 1. The minimum absolute atomic E-state index is 0.0546. The summed E-state index contributed by atoms with van der Waals surface area (Å²) in [5.74, 6) is -0.149. The fourth-order valence-electron chi connectivity index (χ4n) is 7.26. The largest absolute Gasteiger partial charge is 0.481 e. The van der Waals surface area contributed by atoms with Crippen LogP contribution < -0.4 is 0 Å². The maximum absolute atomic E-state index is 12.4. The van der Waals surface area contributed by atoms with Gasteiger partial charge in [-0.1, -0.05) is 6.92 Å². The van der Waals surface area contributed by atoms with Crippen LogP contribution in [-0.2, 0) is 14.4 Å². The highest BCUT2D eigenvalue weighted by atomic mass is 16.4. The van der Waals surface area contributed by atoms with Crippen molar-refractivity contribution in [3.05, 3.63) is 11.6 Å². The molecule has 26 heavy (non-hydrogen) atoms. The smallest absolute Gasteiger partial charge is 0.314 e. The first-order valence-corrected chi connectivity index (χ1v) is 9.95. The average Bonchev–Trinajstić information content (AvgIpc) is 2.97. The minimum atomic E-state index is -0.878. The van der Waals surface area contributed by atoms with Crippen molar-refractivity contribution in [1.29, 1.82) is 0 Å². The van der Waals surface area contributed by atoms with Gasteiger partial charge in [-0.25, -0.2) is 0 Å². The summed E-state index contributed by atoms with van der Waals surface area (Å²) in [5.41, 5.74) is -0.157. The van der Waals surface area contributed by atoms with Crippen LogP contribution in [0.25, 0.3) is 0 Å². The lowest BCUT2D eigenvalue weighted by Gasteiger charge is -2.57. The van der Waals surface area contributed by atoms with Crippen molar-refractivity contribution in [1.82, 2.24) is 0 Å². The van der Waals surface area contributed by atoms with Crippen LogP contribution in [-0.4, -0.2) is 34.4 Å². The molecule has 0 aliphatic heterocycles. The van der Waals surface area contributed by atoms with Gasteiger partial charge >= 0.3 is 5.97 Å². The Morgan fingerprint density at radius 3 is 2.58 bits per heavy atom. The van der Waals surface area contributed by atoms with E-state index >= 15 is 0 Å². The Bertz CT molecular complexity index is 695. The van der Waals surface area contributed by atoms with Gasteiger partial charge in [0.25, 0.3) is 0 Å². The summed E-state index contributed by atoms with van der Waals surface area (Å²) in [7, 11) is 0. The third-order valence-corrected chi connectivity index (χ3v) is 8.42. The van der Waals surface area contributed by atoms with Crippen LogP contribution in [0, 0.1) is 34.5 Å². The number of carbonyl (C=O) groups excluding carboxylic acids is 2. The molecule has 0 radical (unpaired) electrons. The van der Waals surface area contributed by atoms with Gasteiger partial charge in [-0.05, 0) is 79.8 Å². The molecular weight excluding hydrogens is 332 g/mol. The van der Waals surface area contributed by atoms with Gasteiger partial charge in [-0.15, -0.1) is 0 Å². The van der Waals surface area contributed by atoms with E-state index in [1.807, 2.05) is 0 Å². The molecule has 0 aromatic rings. The van der Waals surface area contributed by atoms with Crippen molar-refractivity contribution in [2.45, 2.75) is 58.3 Å². The number of hydrogen-bond donors (Lipinski definition) is 2. The van der Waals surface area contributed by atoms with E-state index in [0.29, 0.717) is 31.1 Å². The molecule has 6 atom stereocenters. The quantitative estimate of drug-likeness (QED) is 0.807. The summed E-state index contributed by atoms with van der Waals surface area (Å²) in [5, 5.41) is 19.6. The van der Waals surface area contributed by atoms with Crippen LogP contribution in [0.3, 0.4) is 0 Å². The Morgan fingerprint density at radius 2 is 1.88 bits per heavy atom. The van der Waals surface area contributed by atoms with E-state index < -0.39 is 18.0 Å². The number of carbonyl (C=O) groups is 3. The summed E-state index contributed by atoms with van der Waals surface area (Å²) < 4.78 is 0. The molecule has 0 bridgehead atoms. The van der Waals surface area contributed by atoms with E-state index in [4.69, 9.17) is 0 Å². The van der Waals surface area contributed by atoms with Gasteiger partial charge in [0, 0.05) is 12.3 Å². The molecule has 0 saturated heterocycles. The monoisotopic (exact) mass is 360 g/mol. The van der Waals surface area contributed by atoms with Crippen LogP contribution in [0.2, 0.25) is 0 Å². The van der Waals surface area contributed by atoms with Crippen molar-refractivity contribution >= 4 is 17.5 Å². The predicted molar refractivity (Wildman–Crippen MR) is 94.3 cm³/mol. The Labute approximate surface area is 153 Å². The summed E-state index contributed by atoms with van der Waals surface area (Å²) in [6.45, 7) is 1.79. The van der Waals surface area contributed by atoms with E-state index in [1.54, 1.807) is 6.08 Å². The number of aliphatic hydroxyl groups excluding tert-OH is 1. The molecule has 0 spiro atoms. The van der Waals surface area contributed by atoms with Crippen LogP contribution >= 0.6 is 0 Å². The zero-order chi connectivity index (χ0) is 18.7. The second kappa shape index (κ2) is 6.01. The molecule has 4 aliphatic carbocycles. The highest BCUT2D eigenvalue weighted by Gasteiger charge is 2.63. The van der Waals surface area contributed by atoms with E-state index in [0.717, 1.165) is 37.7 Å². The van der Waals surface area contributed by atoms with Crippen molar-refractivity contribution in [2.24, 2.45) is 34.5 Å². The molecule has 3 unspecified atom stereocenters. The molecule has 0 heterocycles. The number of aliphatic hydroxyl groups is 1. The zero-order valence-corrected chi connectivity index (χ0v) is 15.4. The summed E-state index contributed by atoms with van der Waals surface area (Å²) in [6, 6.07) is 0. The molecule has 4 rings (SSSR count). The highest BCUT2D eigenvalue weighted by Crippen LogP contribution is 2.66. The van der Waals surface area contributed by atoms with Gasteiger partial charge in [0.05, 0.1) is 5.41 Å². The fraction of sp³-hybridized carbons (Fsp3) is 0.762. The summed E-state index contributed by atoms with van der Waals surface area (Å²) >= 11 is 0. The molecule has 4 aliphatic rings. The number of hydrogen-bond acceptors (Lipinski definition) is 4. The van der Waals surface area contributed by atoms with E-state index in [9.17, 15) is 24.6 Å². The lowest BCUT2D eigenvalue weighted by Crippen LogP contribution is -2.55. The number of carboxylic acids is 1. The molecule has 0 amide bonds. The van der Waals surface area contributed by atoms with Gasteiger partial charge in [-0.3, -0.25) is 14.4 Å². The third-order valence-electron chi connectivity index (χ3n) is 8.42. The molecular formula is C21H28O5. The first kappa shape index (κ1) is 17.9. The molecule has 3 saturated carbocycles. The highest BCUT2D eigenvalue weighted by molar-refractivity contribution is 5.95. The number of carboxylic acid groups (broad SMARTS) is 1. The SMILES string of the molecule is C[C@]12CCC3C(CCC4=CC(=O)CC[C@@]43C(=O)O)C1CC[C@@H]2C(=O)CO. The lowest BCUT2D eigenvalue weighted by molar-refractivity contribution is -0.160. The lowest BCUT2D eigenvalue weighted by atomic mass is 9.46. The molecule has 3 fully saturated rings. The Hall–Kier alpha value is -1.49. The Balaban J connectivity index is 1.71. The van der Waals surface area contributed by atoms with E-state index in [2.05, 4.69) is 6.92 Å². The minimum Gasteiger partial charge on any atom is -0.481 e. The van der Waals surface area contributed by atoms with Gasteiger partial charge < -0.3 is 10.2 Å². The van der Waals surface area contributed by atoms with E-state index in [-0.39, 0.29) is 28.8 Å². The van der Waals surface area contributed by atoms with E-state index in [1.165, 1.54) is 0 Å². The summed E-state index contributed by atoms with van der Waals surface area (Å²) in [4.78, 5) is 36.6. The topological polar surface area (TPSA) is 91.7 Å². The zero-order valence-electron chi connectivity index (χ0n) is 15.4. The molecule has 2 N–H and O–H groups in total. The molecule has 142 valence electrons. The normalized spacial score (nSPS) is 44.5. The van der Waals surface area contributed by atoms with Crippen molar-refractivity contribution in [2.75, 3.05) is 6.61 Å². The van der Waals surface area contributed by atoms with Crippen molar-refractivity contribution in [3.8, 4) is 0 Å². The fourth-order valence-corrected chi connectivity index (χ4v) is 7.26. The van der Waals surface area contributed by atoms with Crippen LogP contribution in [0.4, 0.5) is 0 Å². The van der Waals surface area contributed by atoms with Gasteiger partial charge in [0.2, 0.25) is 0 Å². The molecule has 0 aromatic heterocycles. The number of ketones is 2. The van der Waals surface area contributed by atoms with Crippen LogP contribution in [0.15, 0.2) is 11.6 Å². The Morgan fingerprint density at radius 1 is 1.12 bits per heavy atom. The van der Waals surface area contributed by atoms with Crippen molar-refractivity contribution in [3.63, 3.8) is 0 Å². The number of rotatable bonds is 3. The maximum Gasteiger partial charge on any atom is 0.314 e. The maximum atomic E-state index is 12.4. The molecule has 0 aromatic carbocycles. The average molecular weight is 360 g/mol. The summed E-state index contributed by atoms with van der Waals surface area (Å²) in [6.07, 6.45) is 7.37. The predicted octanol–water partition coefficient (Wildman–Crippen LogP) is 2.76. The first-order valence-electron chi connectivity index (χ1n) is 9.95. The van der Waals surface area contributed by atoms with Crippen LogP contribution in [0.1, 0.15) is 58.3 Å². The van der Waals surface area contributed by atoms with Gasteiger partial charge in [0.1, 0.15) is 6.61 Å². The standard InChI is InChI=1S/C21H28O5/c1-20-8-7-16-14(15(20)4-5-17(20)18(24)11-22)3-2-12-10-13(23)6-9-21(12,16)19(25)26/h10,14-17,22H,2-9,11H2,1H3,(H,25,26)/t14?,15?,16?,17-,20+,21-/m1/s1. The number of Topliss-reactive ketones (excluding diaryl/α,β-unsaturated/α-hetero) is 1. The van der Waals surface area contributed by atoms with Crippen LogP contribution in [0.5, 0.6) is 0 Å². The second-order valence-electron chi connectivity index (χ2n) is 9.13. The van der Waals surface area contributed by atoms with Gasteiger partial charge in [-0.2, -0.15) is 0 Å². The number of fused-ring (bicyclic) bond motifs is 5. The first-order chi connectivity index (χ1) is 12.3. The molecule has 5 heteroatoms. The van der Waals surface area contributed by atoms with Gasteiger partial charge in [0.15, 0.2) is 11.6 Å². The molecule has 5 nitrogen and oxygen atoms in total.